The van der Waals surface area contributed by atoms with E-state index in [1.807, 2.05) is 52.7 Å². The van der Waals surface area contributed by atoms with Crippen LogP contribution >= 0.6 is 11.3 Å². The second kappa shape index (κ2) is 8.74. The number of rotatable bonds is 6. The summed E-state index contributed by atoms with van der Waals surface area (Å²) in [5, 5.41) is 2.02. The number of fused-ring (bicyclic) bond motifs is 1. The summed E-state index contributed by atoms with van der Waals surface area (Å²) in [5.41, 5.74) is 3.18. The van der Waals surface area contributed by atoms with Gasteiger partial charge in [-0.15, -0.1) is 11.3 Å². The van der Waals surface area contributed by atoms with Gasteiger partial charge in [-0.05, 0) is 17.9 Å². The molecule has 1 aromatic carbocycles. The van der Waals surface area contributed by atoms with Crippen LogP contribution in [0.5, 0.6) is 0 Å². The molecule has 1 amide bonds. The Kier molecular flexibility index (Phi) is 5.90. The average Bonchev–Trinajstić information content (AvgIpc) is 3.26. The molecule has 6 heteroatoms. The van der Waals surface area contributed by atoms with Crippen molar-refractivity contribution in [2.75, 3.05) is 25.0 Å². The number of hydrogen-bond donors (Lipinski definition) is 0. The largest absolute Gasteiger partial charge is 0.359 e. The molecule has 4 rings (SSSR count). The highest BCUT2D eigenvalue weighted by molar-refractivity contribution is 7.10. The zero-order chi connectivity index (χ0) is 20.2. The van der Waals surface area contributed by atoms with E-state index in [2.05, 4.69) is 18.9 Å². The van der Waals surface area contributed by atoms with Gasteiger partial charge in [-0.2, -0.15) is 0 Å². The fraction of sp³-hybridized carbons (Fsp3) is 0.348. The minimum absolute atomic E-state index is 0.175. The van der Waals surface area contributed by atoms with Crippen LogP contribution in [0.15, 0.2) is 47.8 Å². The van der Waals surface area contributed by atoms with Gasteiger partial charge in [0.25, 0.3) is 0 Å². The Morgan fingerprint density at radius 1 is 1.17 bits per heavy atom. The van der Waals surface area contributed by atoms with E-state index < -0.39 is 0 Å². The smallest absolute Gasteiger partial charge is 0.228 e. The lowest BCUT2D eigenvalue weighted by Gasteiger charge is -2.32. The van der Waals surface area contributed by atoms with Crippen molar-refractivity contribution in [3.05, 3.63) is 64.0 Å². The summed E-state index contributed by atoms with van der Waals surface area (Å²) in [6.45, 7) is 4.37. The Hall–Kier alpha value is -2.73. The summed E-state index contributed by atoms with van der Waals surface area (Å²) >= 11 is 1.63. The molecule has 0 spiro atoms. The molecule has 29 heavy (non-hydrogen) atoms. The molecule has 1 aliphatic heterocycles. The molecule has 0 saturated carbocycles. The average molecular weight is 407 g/mol. The van der Waals surface area contributed by atoms with E-state index in [0.717, 1.165) is 52.7 Å². The summed E-state index contributed by atoms with van der Waals surface area (Å²) in [7, 11) is 2.08. The van der Waals surface area contributed by atoms with Gasteiger partial charge in [0.1, 0.15) is 5.82 Å². The van der Waals surface area contributed by atoms with Crippen LogP contribution in [0.2, 0.25) is 0 Å². The van der Waals surface area contributed by atoms with Gasteiger partial charge in [-0.25, -0.2) is 9.97 Å². The summed E-state index contributed by atoms with van der Waals surface area (Å²) < 4.78 is 0. The molecule has 0 unspecified atom stereocenters. The zero-order valence-corrected chi connectivity index (χ0v) is 17.8. The van der Waals surface area contributed by atoms with Crippen LogP contribution < -0.4 is 4.90 Å². The molecule has 2 aromatic heterocycles. The molecule has 150 valence electrons. The first-order valence-electron chi connectivity index (χ1n) is 10.1. The zero-order valence-electron chi connectivity index (χ0n) is 17.0. The fourth-order valence-electron chi connectivity index (χ4n) is 3.76. The molecule has 0 bridgehead atoms. The van der Waals surface area contributed by atoms with Crippen LogP contribution in [-0.4, -0.2) is 40.9 Å². The predicted molar refractivity (Wildman–Crippen MR) is 118 cm³/mol. The normalized spacial score (nSPS) is 13.2. The first-order valence-corrected chi connectivity index (χ1v) is 11.0. The molecular weight excluding hydrogens is 380 g/mol. The first kappa shape index (κ1) is 19.6. The van der Waals surface area contributed by atoms with Gasteiger partial charge in [0, 0.05) is 42.6 Å². The third-order valence-corrected chi connectivity index (χ3v) is 6.13. The number of benzene rings is 1. The Bertz CT molecular complexity index is 972. The Morgan fingerprint density at radius 3 is 2.72 bits per heavy atom. The molecule has 0 radical (unpaired) electrons. The Balaban J connectivity index is 1.65. The molecule has 0 atom stereocenters. The number of nitrogens with zero attached hydrogens (tertiary/aromatic N) is 4. The minimum Gasteiger partial charge on any atom is -0.359 e. The maximum absolute atomic E-state index is 12.8. The van der Waals surface area contributed by atoms with Gasteiger partial charge in [0.05, 0.1) is 18.7 Å². The number of thiophene rings is 1. The number of hydrogen-bond acceptors (Lipinski definition) is 5. The van der Waals surface area contributed by atoms with E-state index in [9.17, 15) is 4.79 Å². The van der Waals surface area contributed by atoms with E-state index in [0.29, 0.717) is 19.5 Å². The summed E-state index contributed by atoms with van der Waals surface area (Å²) in [6.07, 6.45) is 2.27. The van der Waals surface area contributed by atoms with E-state index in [1.165, 1.54) is 0 Å². The summed E-state index contributed by atoms with van der Waals surface area (Å²) in [4.78, 5) is 27.9. The van der Waals surface area contributed by atoms with Crippen molar-refractivity contribution in [3.63, 3.8) is 0 Å². The lowest BCUT2D eigenvalue weighted by molar-refractivity contribution is -0.131. The molecular formula is C23H26N4OS. The van der Waals surface area contributed by atoms with Crippen molar-refractivity contribution in [2.45, 2.75) is 32.7 Å². The van der Waals surface area contributed by atoms with Crippen molar-refractivity contribution in [3.8, 4) is 11.4 Å². The quantitative estimate of drug-likeness (QED) is 0.616. The van der Waals surface area contributed by atoms with Crippen LogP contribution in [0.3, 0.4) is 0 Å². The third kappa shape index (κ3) is 4.32. The predicted octanol–water partition coefficient (Wildman–Crippen LogP) is 4.18. The van der Waals surface area contributed by atoms with Crippen LogP contribution in [0, 0.1) is 0 Å². The van der Waals surface area contributed by atoms with Crippen LogP contribution in [0.4, 0.5) is 5.82 Å². The van der Waals surface area contributed by atoms with E-state index in [4.69, 9.17) is 9.97 Å². The second-order valence-electron chi connectivity index (χ2n) is 7.41. The summed E-state index contributed by atoms with van der Waals surface area (Å²) in [5.74, 6) is 1.89. The second-order valence-corrected chi connectivity index (χ2v) is 8.44. The van der Waals surface area contributed by atoms with Gasteiger partial charge in [0.2, 0.25) is 5.91 Å². The monoisotopic (exact) mass is 406 g/mol. The van der Waals surface area contributed by atoms with E-state index >= 15 is 0 Å². The number of carbonyl (C=O) groups is 1. The van der Waals surface area contributed by atoms with Crippen molar-refractivity contribution in [1.29, 1.82) is 0 Å². The van der Waals surface area contributed by atoms with E-state index in [1.54, 1.807) is 11.3 Å². The van der Waals surface area contributed by atoms with Crippen molar-refractivity contribution in [1.82, 2.24) is 14.9 Å². The maximum atomic E-state index is 12.8. The van der Waals surface area contributed by atoms with Gasteiger partial charge >= 0.3 is 0 Å². The molecule has 0 saturated heterocycles. The lowest BCUT2D eigenvalue weighted by Crippen LogP contribution is -2.38. The molecule has 3 aromatic rings. The van der Waals surface area contributed by atoms with Crippen molar-refractivity contribution in [2.24, 2.45) is 0 Å². The van der Waals surface area contributed by atoms with Gasteiger partial charge in [-0.1, -0.05) is 43.3 Å². The molecule has 0 aliphatic carbocycles. The van der Waals surface area contributed by atoms with Crippen LogP contribution in [0.25, 0.3) is 11.4 Å². The number of anilines is 1. The molecule has 1 aliphatic rings. The van der Waals surface area contributed by atoms with Gasteiger partial charge in [0.15, 0.2) is 5.82 Å². The maximum Gasteiger partial charge on any atom is 0.228 e. The molecule has 5 nitrogen and oxygen atoms in total. The Labute approximate surface area is 176 Å². The highest BCUT2D eigenvalue weighted by Gasteiger charge is 2.27. The lowest BCUT2D eigenvalue weighted by atomic mass is 10.0. The summed E-state index contributed by atoms with van der Waals surface area (Å²) in [6, 6.07) is 14.1. The van der Waals surface area contributed by atoms with Gasteiger partial charge < -0.3 is 9.80 Å². The fourth-order valence-corrected chi connectivity index (χ4v) is 4.45. The SMILES string of the molecule is CCCN(C)c1nc(-c2ccccc2)nc2c1CN(C(=O)Cc1cccs1)CC2. The highest BCUT2D eigenvalue weighted by Crippen LogP contribution is 2.29. The third-order valence-electron chi connectivity index (χ3n) is 5.25. The number of amides is 1. The van der Waals surface area contributed by atoms with Crippen molar-refractivity contribution >= 4 is 23.1 Å². The van der Waals surface area contributed by atoms with Crippen LogP contribution in [0.1, 0.15) is 29.5 Å². The van der Waals surface area contributed by atoms with Crippen LogP contribution in [-0.2, 0) is 24.2 Å². The molecule has 0 N–H and O–H groups in total. The highest BCUT2D eigenvalue weighted by atomic mass is 32.1. The number of aromatic nitrogens is 2. The number of carbonyl (C=O) groups excluding carboxylic acids is 1. The van der Waals surface area contributed by atoms with Gasteiger partial charge in [-0.3, -0.25) is 4.79 Å². The minimum atomic E-state index is 0.175. The standard InChI is InChI=1S/C23H26N4OS/c1-3-12-26(2)23-19-16-27(21(28)15-18-10-7-14-29-18)13-11-20(19)24-22(25-23)17-8-5-4-6-9-17/h4-10,14H,3,11-13,15-16H2,1-2H3. The van der Waals surface area contributed by atoms with Crippen molar-refractivity contribution < 1.29 is 4.79 Å². The molecule has 3 heterocycles. The van der Waals surface area contributed by atoms with E-state index in [-0.39, 0.29) is 5.91 Å². The first-order chi connectivity index (χ1) is 14.2. The Morgan fingerprint density at radius 2 is 2.00 bits per heavy atom. The molecule has 0 fully saturated rings. The topological polar surface area (TPSA) is 49.3 Å².